The van der Waals surface area contributed by atoms with Crippen LogP contribution in [0.25, 0.3) is 0 Å². The lowest BCUT2D eigenvalue weighted by atomic mass is 9.97. The molecule has 0 spiro atoms. The molecule has 1 aromatic rings. The normalized spacial score (nSPS) is 15.6. The molecule has 0 unspecified atom stereocenters. The smallest absolute Gasteiger partial charge is 0.309 e. The molecule has 0 aliphatic carbocycles. The van der Waals surface area contributed by atoms with E-state index in [1.165, 1.54) is 16.8 Å². The van der Waals surface area contributed by atoms with Crippen LogP contribution in [0.3, 0.4) is 0 Å². The van der Waals surface area contributed by atoms with Crippen LogP contribution in [0.1, 0.15) is 37.2 Å². The Bertz CT molecular complexity index is 603. The number of carbonyl (C=O) groups is 2. The van der Waals surface area contributed by atoms with E-state index in [0.29, 0.717) is 39.1 Å². The lowest BCUT2D eigenvalue weighted by Gasteiger charge is -2.30. The van der Waals surface area contributed by atoms with E-state index >= 15 is 0 Å². The van der Waals surface area contributed by atoms with Crippen molar-refractivity contribution in [3.05, 3.63) is 28.2 Å². The summed E-state index contributed by atoms with van der Waals surface area (Å²) in [5.41, 5.74) is 0.0381. The highest BCUT2D eigenvalue weighted by Crippen LogP contribution is 2.19. The number of ether oxygens (including phenoxy) is 1. The van der Waals surface area contributed by atoms with Gasteiger partial charge in [-0.1, -0.05) is 0 Å². The first-order valence-corrected chi connectivity index (χ1v) is 7.60. The van der Waals surface area contributed by atoms with E-state index in [4.69, 9.17) is 4.74 Å². The lowest BCUT2D eigenvalue weighted by Crippen LogP contribution is -2.41. The number of nitrogens with zero attached hydrogens (tertiary/aromatic N) is 3. The molecule has 2 rings (SSSR count). The number of aromatic nitrogens is 2. The predicted octanol–water partition coefficient (Wildman–Crippen LogP) is 0.678. The molecule has 2 heterocycles. The summed E-state index contributed by atoms with van der Waals surface area (Å²) < 4.78 is 6.27. The highest BCUT2D eigenvalue weighted by molar-refractivity contribution is 5.92. The Morgan fingerprint density at radius 3 is 2.55 bits per heavy atom. The number of esters is 1. The predicted molar refractivity (Wildman–Crippen MR) is 79.4 cm³/mol. The average Bonchev–Trinajstić information content (AvgIpc) is 2.55. The van der Waals surface area contributed by atoms with Gasteiger partial charge in [-0.25, -0.2) is 4.68 Å². The van der Waals surface area contributed by atoms with Crippen molar-refractivity contribution in [3.8, 4) is 0 Å². The second-order valence-corrected chi connectivity index (χ2v) is 5.19. The third-order valence-corrected chi connectivity index (χ3v) is 3.79. The molecule has 0 N–H and O–H groups in total. The van der Waals surface area contributed by atoms with E-state index in [1.807, 2.05) is 0 Å². The van der Waals surface area contributed by atoms with Gasteiger partial charge in [-0.05, 0) is 32.8 Å². The van der Waals surface area contributed by atoms with E-state index in [9.17, 15) is 14.4 Å². The highest BCUT2D eigenvalue weighted by Gasteiger charge is 2.29. The first-order chi connectivity index (χ1) is 10.6. The van der Waals surface area contributed by atoms with Crippen LogP contribution < -0.4 is 5.56 Å². The number of amides is 1. The third-order valence-electron chi connectivity index (χ3n) is 3.79. The zero-order chi connectivity index (χ0) is 16.1. The maximum Gasteiger partial charge on any atom is 0.309 e. The fraction of sp³-hybridized carbons (Fsp3) is 0.600. The van der Waals surface area contributed by atoms with Gasteiger partial charge in [0.05, 0.1) is 12.5 Å². The van der Waals surface area contributed by atoms with Gasteiger partial charge in [-0.15, -0.1) is 0 Å². The van der Waals surface area contributed by atoms with Crippen LogP contribution in [0.15, 0.2) is 16.9 Å². The number of hydrogen-bond acceptors (Lipinski definition) is 5. The van der Waals surface area contributed by atoms with Crippen LogP contribution in [0, 0.1) is 5.92 Å². The van der Waals surface area contributed by atoms with Gasteiger partial charge in [0.25, 0.3) is 11.5 Å². The second-order valence-electron chi connectivity index (χ2n) is 5.19. The summed E-state index contributed by atoms with van der Waals surface area (Å²) in [6.45, 7) is 5.37. The molecule has 1 saturated heterocycles. The van der Waals surface area contributed by atoms with Gasteiger partial charge in [0.15, 0.2) is 0 Å². The topological polar surface area (TPSA) is 81.5 Å². The molecule has 0 radical (unpaired) electrons. The molecule has 1 aromatic heterocycles. The molecule has 0 atom stereocenters. The number of carbonyl (C=O) groups excluding carboxylic acids is 2. The van der Waals surface area contributed by atoms with Gasteiger partial charge >= 0.3 is 5.97 Å². The van der Waals surface area contributed by atoms with Crippen molar-refractivity contribution in [1.29, 1.82) is 0 Å². The van der Waals surface area contributed by atoms with Gasteiger partial charge in [-0.3, -0.25) is 14.4 Å². The van der Waals surface area contributed by atoms with Crippen molar-refractivity contribution in [1.82, 2.24) is 14.7 Å². The molecular weight excluding hydrogens is 286 g/mol. The van der Waals surface area contributed by atoms with Crippen molar-refractivity contribution in [3.63, 3.8) is 0 Å². The Morgan fingerprint density at radius 1 is 1.27 bits per heavy atom. The molecule has 1 amide bonds. The van der Waals surface area contributed by atoms with E-state index in [2.05, 4.69) is 5.10 Å². The van der Waals surface area contributed by atoms with E-state index in [0.717, 1.165) is 0 Å². The Labute approximate surface area is 128 Å². The average molecular weight is 307 g/mol. The monoisotopic (exact) mass is 307 g/mol. The maximum absolute atomic E-state index is 12.4. The Hall–Kier alpha value is -2.18. The summed E-state index contributed by atoms with van der Waals surface area (Å²) >= 11 is 0. The maximum atomic E-state index is 12.4. The van der Waals surface area contributed by atoms with Crippen LogP contribution in [-0.2, 0) is 16.1 Å². The quantitative estimate of drug-likeness (QED) is 0.764. The Kier molecular flexibility index (Phi) is 5.30. The summed E-state index contributed by atoms with van der Waals surface area (Å²) in [6, 6.07) is 2.81. The summed E-state index contributed by atoms with van der Waals surface area (Å²) in [6.07, 6.45) is 1.19. The molecular formula is C15H21N3O4. The SMILES string of the molecule is CCOC(=O)C1CCN(C(=O)c2ccc(=O)n(CC)n2)CC1. The van der Waals surface area contributed by atoms with Gasteiger partial charge in [0.2, 0.25) is 0 Å². The fourth-order valence-electron chi connectivity index (χ4n) is 2.53. The largest absolute Gasteiger partial charge is 0.466 e. The number of rotatable bonds is 4. The van der Waals surface area contributed by atoms with Crippen LogP contribution in [-0.4, -0.2) is 46.3 Å². The number of hydrogen-bond donors (Lipinski definition) is 0. The Morgan fingerprint density at radius 2 is 1.95 bits per heavy atom. The van der Waals surface area contributed by atoms with E-state index < -0.39 is 0 Å². The van der Waals surface area contributed by atoms with E-state index in [1.54, 1.807) is 18.7 Å². The minimum Gasteiger partial charge on any atom is -0.466 e. The van der Waals surface area contributed by atoms with Gasteiger partial charge in [0.1, 0.15) is 5.69 Å². The zero-order valence-electron chi connectivity index (χ0n) is 12.9. The lowest BCUT2D eigenvalue weighted by molar-refractivity contribution is -0.149. The molecule has 120 valence electrons. The molecule has 0 bridgehead atoms. The fourth-order valence-corrected chi connectivity index (χ4v) is 2.53. The van der Waals surface area contributed by atoms with Crippen LogP contribution in [0.4, 0.5) is 0 Å². The minimum atomic E-state index is -0.222. The van der Waals surface area contributed by atoms with Gasteiger partial charge in [0, 0.05) is 25.7 Å². The summed E-state index contributed by atoms with van der Waals surface area (Å²) in [5, 5.41) is 4.07. The standard InChI is InChI=1S/C15H21N3O4/c1-3-18-13(19)6-5-12(16-18)14(20)17-9-7-11(8-10-17)15(21)22-4-2/h5-6,11H,3-4,7-10H2,1-2H3. The summed E-state index contributed by atoms with van der Waals surface area (Å²) in [7, 11) is 0. The van der Waals surface area contributed by atoms with Gasteiger partial charge in [-0.2, -0.15) is 5.10 Å². The molecule has 1 aliphatic rings. The van der Waals surface area contributed by atoms with Crippen molar-refractivity contribution in [2.45, 2.75) is 33.2 Å². The highest BCUT2D eigenvalue weighted by atomic mass is 16.5. The molecule has 0 saturated carbocycles. The first kappa shape index (κ1) is 16.2. The van der Waals surface area contributed by atoms with Crippen LogP contribution in [0.2, 0.25) is 0 Å². The summed E-state index contributed by atoms with van der Waals surface area (Å²) in [5.74, 6) is -0.529. The van der Waals surface area contributed by atoms with Crippen LogP contribution in [0.5, 0.6) is 0 Å². The second kappa shape index (κ2) is 7.20. The molecule has 1 aliphatic heterocycles. The molecule has 7 nitrogen and oxygen atoms in total. The Balaban J connectivity index is 2.00. The van der Waals surface area contributed by atoms with Crippen molar-refractivity contribution in [2.75, 3.05) is 19.7 Å². The number of likely N-dealkylation sites (tertiary alicyclic amines) is 1. The number of aryl methyl sites for hydroxylation is 1. The molecule has 0 aromatic carbocycles. The van der Waals surface area contributed by atoms with Crippen molar-refractivity contribution < 1.29 is 14.3 Å². The molecule has 7 heteroatoms. The molecule has 1 fully saturated rings. The first-order valence-electron chi connectivity index (χ1n) is 7.60. The zero-order valence-corrected chi connectivity index (χ0v) is 12.9. The van der Waals surface area contributed by atoms with Gasteiger partial charge < -0.3 is 9.64 Å². The van der Waals surface area contributed by atoms with E-state index in [-0.39, 0.29) is 29.0 Å². The van der Waals surface area contributed by atoms with Crippen molar-refractivity contribution in [2.24, 2.45) is 5.92 Å². The summed E-state index contributed by atoms with van der Waals surface area (Å²) in [4.78, 5) is 37.3. The number of piperidine rings is 1. The van der Waals surface area contributed by atoms with Crippen LogP contribution >= 0.6 is 0 Å². The minimum absolute atomic E-state index is 0.137. The molecule has 22 heavy (non-hydrogen) atoms. The third kappa shape index (κ3) is 3.52. The van der Waals surface area contributed by atoms with Crippen molar-refractivity contribution >= 4 is 11.9 Å².